The molecule has 8 heteroatoms. The van der Waals surface area contributed by atoms with E-state index in [1.165, 1.54) is 0 Å². The van der Waals surface area contributed by atoms with Gasteiger partial charge in [0.05, 0.1) is 23.7 Å². The Kier molecular flexibility index (Phi) is 8.68. The Balaban J connectivity index is 1.72. The highest BCUT2D eigenvalue weighted by molar-refractivity contribution is 6.09. The number of carboxylic acids is 1. The molecular formula is C31H29N3O5. The third-order valence-corrected chi connectivity index (χ3v) is 6.32. The fourth-order valence-electron chi connectivity index (χ4n) is 4.59. The molecule has 1 aromatic heterocycles. The third-order valence-electron chi connectivity index (χ3n) is 6.32. The number of pyridine rings is 1. The van der Waals surface area contributed by atoms with Gasteiger partial charge >= 0.3 is 5.97 Å². The lowest BCUT2D eigenvalue weighted by atomic mass is 10.0. The molecule has 3 aromatic carbocycles. The van der Waals surface area contributed by atoms with E-state index in [0.717, 1.165) is 23.3 Å². The molecule has 1 heterocycles. The maximum Gasteiger partial charge on any atom is 0.328 e. The average molecular weight is 524 g/mol. The van der Waals surface area contributed by atoms with Crippen LogP contribution in [0.25, 0.3) is 22.2 Å². The number of carbonyl (C=O) groups excluding carboxylic acids is 2. The van der Waals surface area contributed by atoms with E-state index in [9.17, 15) is 14.4 Å². The molecule has 198 valence electrons. The number of primary amides is 1. The lowest BCUT2D eigenvalue weighted by Crippen LogP contribution is -2.37. The van der Waals surface area contributed by atoms with Crippen LogP contribution in [0, 0.1) is 0 Å². The number of para-hydroxylation sites is 1. The van der Waals surface area contributed by atoms with Crippen LogP contribution in [-0.4, -0.2) is 45.9 Å². The van der Waals surface area contributed by atoms with Crippen LogP contribution in [-0.2, 0) is 9.59 Å². The number of aromatic nitrogens is 1. The van der Waals surface area contributed by atoms with Gasteiger partial charge in [-0.1, -0.05) is 85.8 Å². The summed E-state index contributed by atoms with van der Waals surface area (Å²) in [6.45, 7) is 2.08. The summed E-state index contributed by atoms with van der Waals surface area (Å²) in [6.07, 6.45) is 2.45. The van der Waals surface area contributed by atoms with Crippen LogP contribution in [0.2, 0.25) is 0 Å². The molecule has 0 spiro atoms. The number of nitrogens with two attached hydrogens (primary N) is 1. The zero-order valence-electron chi connectivity index (χ0n) is 21.5. The molecule has 0 aliphatic rings. The highest BCUT2D eigenvalue weighted by Gasteiger charge is 2.25. The lowest BCUT2D eigenvalue weighted by Gasteiger charge is -2.31. The Morgan fingerprint density at radius 1 is 0.949 bits per heavy atom. The first-order chi connectivity index (χ1) is 18.9. The first-order valence-electron chi connectivity index (χ1n) is 12.6. The van der Waals surface area contributed by atoms with Crippen LogP contribution < -0.4 is 10.5 Å². The lowest BCUT2D eigenvalue weighted by molar-refractivity contribution is -0.133. The van der Waals surface area contributed by atoms with Gasteiger partial charge < -0.3 is 20.5 Å². The average Bonchev–Trinajstić information content (AvgIpc) is 2.95. The van der Waals surface area contributed by atoms with Gasteiger partial charge in [0.25, 0.3) is 5.91 Å². The molecule has 4 aromatic rings. The minimum Gasteiger partial charge on any atom is -0.489 e. The van der Waals surface area contributed by atoms with E-state index in [1.54, 1.807) is 23.1 Å². The van der Waals surface area contributed by atoms with Gasteiger partial charge in [0.1, 0.15) is 12.3 Å². The van der Waals surface area contributed by atoms with E-state index in [0.29, 0.717) is 23.0 Å². The first kappa shape index (κ1) is 27.1. The van der Waals surface area contributed by atoms with Gasteiger partial charge in [-0.15, -0.1) is 0 Å². The van der Waals surface area contributed by atoms with Gasteiger partial charge in [0, 0.05) is 23.1 Å². The summed E-state index contributed by atoms with van der Waals surface area (Å²) in [4.78, 5) is 43.3. The van der Waals surface area contributed by atoms with Crippen LogP contribution in [0.4, 0.5) is 0 Å². The minimum atomic E-state index is -1.21. The van der Waals surface area contributed by atoms with Crippen molar-refractivity contribution in [3.63, 3.8) is 0 Å². The maximum absolute atomic E-state index is 13.1. The summed E-state index contributed by atoms with van der Waals surface area (Å²) >= 11 is 0. The molecule has 4 rings (SSSR count). The Morgan fingerprint density at radius 2 is 1.59 bits per heavy atom. The normalized spacial score (nSPS) is 11.8. The van der Waals surface area contributed by atoms with Crippen molar-refractivity contribution in [1.29, 1.82) is 0 Å². The Labute approximate surface area is 226 Å². The molecule has 0 bridgehead atoms. The standard InChI is InChI=1S/C31H29N3O5/c1-2-25(21-11-5-3-6-12-21)34(26(35)17-18-27(36)37)19-20-39-30-28(31(32)38)23-15-9-10-16-24(23)33-29(30)22-13-7-4-8-14-22/h3-18,25H,2,19-20H2,1H3,(H2,32,38)(H,36,37)/b18-17-/t25-/m0/s1. The number of carboxylic acid groups (broad SMARTS) is 1. The van der Waals surface area contributed by atoms with Crippen LogP contribution in [0.3, 0.4) is 0 Å². The van der Waals surface area contributed by atoms with Crippen LogP contribution >= 0.6 is 0 Å². The van der Waals surface area contributed by atoms with Gasteiger partial charge in [-0.3, -0.25) is 9.59 Å². The summed E-state index contributed by atoms with van der Waals surface area (Å²) in [6, 6.07) is 25.7. The molecule has 8 nitrogen and oxygen atoms in total. The summed E-state index contributed by atoms with van der Waals surface area (Å²) < 4.78 is 6.23. The number of hydrogen-bond donors (Lipinski definition) is 2. The molecule has 39 heavy (non-hydrogen) atoms. The monoisotopic (exact) mass is 523 g/mol. The molecule has 0 aliphatic heterocycles. The highest BCUT2D eigenvalue weighted by Crippen LogP contribution is 2.36. The number of amides is 2. The number of nitrogens with zero attached hydrogens (tertiary/aromatic N) is 2. The fraction of sp³-hybridized carbons (Fsp3) is 0.161. The quantitative estimate of drug-likeness (QED) is 0.267. The van der Waals surface area contributed by atoms with E-state index in [2.05, 4.69) is 0 Å². The molecule has 0 saturated carbocycles. The Hall–Kier alpha value is -4.98. The molecule has 3 N–H and O–H groups in total. The SMILES string of the molecule is CC[C@@H](c1ccccc1)N(CCOc1c(-c2ccccc2)nc2ccccc2c1C(N)=O)C(=O)/C=C\C(=O)O. The largest absolute Gasteiger partial charge is 0.489 e. The van der Waals surface area contributed by atoms with E-state index in [1.807, 2.05) is 73.7 Å². The van der Waals surface area contributed by atoms with Gasteiger partial charge in [-0.05, 0) is 18.1 Å². The van der Waals surface area contributed by atoms with Gasteiger partial charge in [0.15, 0.2) is 5.75 Å². The van der Waals surface area contributed by atoms with Crippen molar-refractivity contribution in [2.75, 3.05) is 13.2 Å². The summed E-state index contributed by atoms with van der Waals surface area (Å²) in [5, 5.41) is 9.62. The summed E-state index contributed by atoms with van der Waals surface area (Å²) in [5.41, 5.74) is 8.77. The number of rotatable bonds is 11. The molecule has 2 amide bonds. The second kappa shape index (κ2) is 12.5. The summed E-state index contributed by atoms with van der Waals surface area (Å²) in [5.74, 6) is -2.11. The van der Waals surface area contributed by atoms with Crippen LogP contribution in [0.1, 0.15) is 35.3 Å². The number of carbonyl (C=O) groups is 3. The number of fused-ring (bicyclic) bond motifs is 1. The molecule has 0 fully saturated rings. The van der Waals surface area contributed by atoms with Gasteiger partial charge in [0.2, 0.25) is 5.91 Å². The molecule has 0 saturated heterocycles. The van der Waals surface area contributed by atoms with Crippen LogP contribution in [0.15, 0.2) is 97.1 Å². The van der Waals surface area contributed by atoms with Crippen molar-refractivity contribution in [2.45, 2.75) is 19.4 Å². The maximum atomic E-state index is 13.1. The van der Waals surface area contributed by atoms with Crippen molar-refractivity contribution in [2.24, 2.45) is 5.73 Å². The van der Waals surface area contributed by atoms with Gasteiger partial charge in [-0.2, -0.15) is 0 Å². The predicted molar refractivity (Wildman–Crippen MR) is 149 cm³/mol. The number of aliphatic carboxylic acids is 1. The third kappa shape index (κ3) is 6.30. The van der Waals surface area contributed by atoms with Crippen molar-refractivity contribution >= 4 is 28.7 Å². The first-order valence-corrected chi connectivity index (χ1v) is 12.6. The zero-order chi connectivity index (χ0) is 27.8. The fourth-order valence-corrected chi connectivity index (χ4v) is 4.59. The summed E-state index contributed by atoms with van der Waals surface area (Å²) in [7, 11) is 0. The topological polar surface area (TPSA) is 123 Å². The van der Waals surface area contributed by atoms with E-state index < -0.39 is 17.8 Å². The Morgan fingerprint density at radius 3 is 2.23 bits per heavy atom. The molecule has 0 radical (unpaired) electrons. The Bertz CT molecular complexity index is 1500. The molecular weight excluding hydrogens is 494 g/mol. The minimum absolute atomic E-state index is 0.0100. The second-order valence-electron chi connectivity index (χ2n) is 8.80. The van der Waals surface area contributed by atoms with Crippen molar-refractivity contribution in [1.82, 2.24) is 9.88 Å². The number of hydrogen-bond acceptors (Lipinski definition) is 5. The number of ether oxygens (including phenoxy) is 1. The predicted octanol–water partition coefficient (Wildman–Crippen LogP) is 5.00. The van der Waals surface area contributed by atoms with E-state index >= 15 is 0 Å². The molecule has 1 atom stereocenters. The van der Waals surface area contributed by atoms with E-state index in [-0.39, 0.29) is 30.5 Å². The molecule has 0 unspecified atom stereocenters. The molecule has 0 aliphatic carbocycles. The second-order valence-corrected chi connectivity index (χ2v) is 8.80. The number of benzene rings is 3. The zero-order valence-corrected chi connectivity index (χ0v) is 21.5. The van der Waals surface area contributed by atoms with Crippen molar-refractivity contribution in [3.05, 3.63) is 108 Å². The van der Waals surface area contributed by atoms with Crippen molar-refractivity contribution in [3.8, 4) is 17.0 Å². The van der Waals surface area contributed by atoms with E-state index in [4.69, 9.17) is 20.6 Å². The smallest absolute Gasteiger partial charge is 0.328 e. The van der Waals surface area contributed by atoms with Gasteiger partial charge in [-0.25, -0.2) is 9.78 Å². The van der Waals surface area contributed by atoms with Crippen LogP contribution in [0.5, 0.6) is 5.75 Å². The highest BCUT2D eigenvalue weighted by atomic mass is 16.5. The van der Waals surface area contributed by atoms with Crippen molar-refractivity contribution < 1.29 is 24.2 Å².